The third kappa shape index (κ3) is 4.36. The number of likely N-dealkylation sites (N-methyl/N-ethyl adjacent to an activating group) is 1. The number of nitrogens with one attached hydrogen (secondary N) is 1. The number of unbranched alkanes of at least 4 members (excludes halogenated alkanes) is 1. The Labute approximate surface area is 222 Å². The minimum Gasteiger partial charge on any atom is -0.508 e. The molecule has 4 rings (SSSR count). The molecule has 0 radical (unpaired) electrons. The van der Waals surface area contributed by atoms with Crippen LogP contribution in [-0.2, 0) is 25.6 Å². The number of anilines is 1. The van der Waals surface area contributed by atoms with Crippen molar-refractivity contribution in [1.82, 2.24) is 4.90 Å². The lowest BCUT2D eigenvalue weighted by atomic mass is 9.58. The molecule has 13 heteroatoms. The summed E-state index contributed by atoms with van der Waals surface area (Å²) in [5.41, 5.74) is 5.85. The van der Waals surface area contributed by atoms with Crippen LogP contribution in [0.5, 0.6) is 5.75 Å². The van der Waals surface area contributed by atoms with E-state index in [9.17, 15) is 39.6 Å². The van der Waals surface area contributed by atoms with E-state index >= 15 is 4.39 Å². The van der Waals surface area contributed by atoms with Crippen LogP contribution in [0, 0.1) is 17.7 Å². The van der Waals surface area contributed by atoms with Gasteiger partial charge in [-0.15, -0.1) is 0 Å². The fourth-order valence-corrected chi connectivity index (χ4v) is 5.78. The number of primary amides is 1. The second-order valence-electron chi connectivity index (χ2n) is 10.3. The van der Waals surface area contributed by atoms with E-state index in [1.165, 1.54) is 0 Å². The van der Waals surface area contributed by atoms with E-state index in [-0.39, 0.29) is 30.6 Å². The number of halogens is 1. The number of aliphatic hydroxyl groups is 3. The lowest BCUT2D eigenvalue weighted by molar-refractivity contribution is -0.149. The number of ketones is 2. The van der Waals surface area contributed by atoms with Crippen molar-refractivity contribution in [3.05, 3.63) is 39.9 Å². The van der Waals surface area contributed by atoms with Crippen LogP contribution < -0.4 is 16.8 Å². The predicted molar refractivity (Wildman–Crippen MR) is 136 cm³/mol. The number of hydrogen-bond donors (Lipinski definition) is 7. The van der Waals surface area contributed by atoms with Crippen molar-refractivity contribution in [3.8, 4) is 5.75 Å². The number of aromatic hydroxyl groups is 1. The van der Waals surface area contributed by atoms with Gasteiger partial charge >= 0.3 is 0 Å². The maximum atomic E-state index is 15.3. The summed E-state index contributed by atoms with van der Waals surface area (Å²) in [5.74, 6) is -10.3. The third-order valence-corrected chi connectivity index (χ3v) is 7.78. The number of fused-ring (bicyclic) bond motifs is 3. The third-order valence-electron chi connectivity index (χ3n) is 7.78. The molecule has 1 fully saturated rings. The van der Waals surface area contributed by atoms with Gasteiger partial charge in [0, 0.05) is 23.1 Å². The van der Waals surface area contributed by atoms with Crippen LogP contribution in [0.25, 0.3) is 5.76 Å². The van der Waals surface area contributed by atoms with Crippen LogP contribution in [0.3, 0.4) is 0 Å². The molecule has 1 aromatic carbocycles. The number of hydrogen-bond acceptors (Lipinski definition) is 10. The molecule has 0 spiro atoms. The van der Waals surface area contributed by atoms with Crippen molar-refractivity contribution in [3.63, 3.8) is 0 Å². The molecule has 3 aliphatic rings. The first-order chi connectivity index (χ1) is 18.2. The predicted octanol–water partition coefficient (Wildman–Crippen LogP) is 0.171. The molecule has 0 heterocycles. The maximum absolute atomic E-state index is 15.3. The maximum Gasteiger partial charge on any atom is 0.255 e. The first kappa shape index (κ1) is 28.2. The van der Waals surface area contributed by atoms with Crippen LogP contribution in [0.4, 0.5) is 10.1 Å². The van der Waals surface area contributed by atoms with Crippen LogP contribution in [0.15, 0.2) is 23.0 Å². The van der Waals surface area contributed by atoms with Gasteiger partial charge in [0.25, 0.3) is 5.91 Å². The molecule has 39 heavy (non-hydrogen) atoms. The summed E-state index contributed by atoms with van der Waals surface area (Å²) in [7, 11) is 1.73. The van der Waals surface area contributed by atoms with Gasteiger partial charge in [-0.25, -0.2) is 4.39 Å². The molecule has 1 saturated carbocycles. The zero-order valence-corrected chi connectivity index (χ0v) is 21.5. The largest absolute Gasteiger partial charge is 0.508 e. The summed E-state index contributed by atoms with van der Waals surface area (Å²) in [5, 5.41) is 46.5. The highest BCUT2D eigenvalue weighted by atomic mass is 19.1. The highest BCUT2D eigenvalue weighted by Crippen LogP contribution is 2.52. The van der Waals surface area contributed by atoms with Gasteiger partial charge in [-0.05, 0) is 38.8 Å². The number of carbonyl (C=O) groups excluding carboxylic acids is 4. The second kappa shape index (κ2) is 10.1. The Morgan fingerprint density at radius 1 is 1.26 bits per heavy atom. The zero-order chi connectivity index (χ0) is 29.0. The van der Waals surface area contributed by atoms with Crippen LogP contribution in [0.1, 0.15) is 37.3 Å². The van der Waals surface area contributed by atoms with Crippen molar-refractivity contribution in [2.24, 2.45) is 23.3 Å². The highest BCUT2D eigenvalue weighted by Gasteiger charge is 2.63. The van der Waals surface area contributed by atoms with Gasteiger partial charge in [0.15, 0.2) is 17.1 Å². The highest BCUT2D eigenvalue weighted by molar-refractivity contribution is 6.24. The van der Waals surface area contributed by atoms with Gasteiger partial charge in [-0.3, -0.25) is 24.1 Å². The van der Waals surface area contributed by atoms with E-state index in [1.807, 2.05) is 6.92 Å². The number of nitrogens with two attached hydrogens (primary N) is 2. The smallest absolute Gasteiger partial charge is 0.255 e. The fraction of sp³-hybridized carbons (Fsp3) is 0.462. The van der Waals surface area contributed by atoms with Crippen LogP contribution in [0.2, 0.25) is 0 Å². The van der Waals surface area contributed by atoms with Gasteiger partial charge in [-0.1, -0.05) is 13.3 Å². The number of amides is 2. The van der Waals surface area contributed by atoms with Crippen LogP contribution >= 0.6 is 0 Å². The standard InChI is InChI=1S/C26H31FN4O8/c1-3-4-5-31(2)9-15(32)30-14-8-13(27)11-6-10-7-12-19(28)22(35)18(25(29)38)24(37)26(12,39)23(36)16(10)21(34)17(11)20(14)33/h8,10,12,19,33-34,37,39H,3-7,9,28H2,1-2H3,(H2,29,38)(H,30,32)/t10-,12-,19+,26-/m0/s1. The summed E-state index contributed by atoms with van der Waals surface area (Å²) in [6, 6.07) is -0.685. The second-order valence-corrected chi connectivity index (χ2v) is 10.3. The SMILES string of the molecule is CCCCN(C)CC(=O)Nc1cc(F)c2c(c1O)C(O)=C1C(=O)[C@]3(O)C(O)=C(C(N)=O)C(=O)[C@H](N)[C@@H]3C[C@@H]1C2. The lowest BCUT2D eigenvalue weighted by Gasteiger charge is -2.48. The molecule has 9 N–H and O–H groups in total. The molecule has 1 aromatic rings. The van der Waals surface area contributed by atoms with Crippen molar-refractivity contribution >= 4 is 34.8 Å². The first-order valence-electron chi connectivity index (χ1n) is 12.5. The number of aliphatic hydroxyl groups excluding tert-OH is 2. The number of rotatable bonds is 7. The molecule has 12 nitrogen and oxygen atoms in total. The van der Waals surface area contributed by atoms with Gasteiger partial charge in [-0.2, -0.15) is 0 Å². The summed E-state index contributed by atoms with van der Waals surface area (Å²) in [4.78, 5) is 52.2. The molecular weight excluding hydrogens is 515 g/mol. The molecule has 0 unspecified atom stereocenters. The minimum absolute atomic E-state index is 0.0486. The fourth-order valence-electron chi connectivity index (χ4n) is 5.78. The van der Waals surface area contributed by atoms with E-state index in [2.05, 4.69) is 5.32 Å². The van der Waals surface area contributed by atoms with Gasteiger partial charge in [0.2, 0.25) is 11.7 Å². The number of phenolic OH excluding ortho intramolecular Hbond substituents is 1. The topological polar surface area (TPSA) is 217 Å². The van der Waals surface area contributed by atoms with E-state index in [0.717, 1.165) is 18.9 Å². The van der Waals surface area contributed by atoms with Crippen LogP contribution in [-0.4, -0.2) is 80.5 Å². The Balaban J connectivity index is 1.77. The molecule has 0 saturated heterocycles. The van der Waals surface area contributed by atoms with E-state index in [4.69, 9.17) is 11.5 Å². The molecule has 0 bridgehead atoms. The monoisotopic (exact) mass is 546 g/mol. The average Bonchev–Trinajstić information content (AvgIpc) is 2.86. The molecule has 2 amide bonds. The van der Waals surface area contributed by atoms with E-state index in [0.29, 0.717) is 6.54 Å². The van der Waals surface area contributed by atoms with E-state index < -0.39 is 86.7 Å². The summed E-state index contributed by atoms with van der Waals surface area (Å²) >= 11 is 0. The summed E-state index contributed by atoms with van der Waals surface area (Å²) in [6.45, 7) is 2.59. The number of phenols is 1. The molecular formula is C26H31FN4O8. The Kier molecular flexibility index (Phi) is 7.27. The van der Waals surface area contributed by atoms with Gasteiger partial charge in [0.05, 0.1) is 23.8 Å². The molecule has 4 atom stereocenters. The number of nitrogens with zero attached hydrogens (tertiary/aromatic N) is 1. The molecule has 210 valence electrons. The van der Waals surface area contributed by atoms with Crippen molar-refractivity contribution in [2.75, 3.05) is 25.5 Å². The first-order valence-corrected chi connectivity index (χ1v) is 12.5. The number of Topliss-reactive ketones (excluding diaryl/α,β-unsaturated/α-hetero) is 2. The minimum atomic E-state index is -2.86. The Hall–Kier alpha value is -3.81. The van der Waals surface area contributed by atoms with Crippen molar-refractivity contribution in [2.45, 2.75) is 44.2 Å². The summed E-state index contributed by atoms with van der Waals surface area (Å²) < 4.78 is 15.3. The Bertz CT molecular complexity index is 1360. The molecule has 0 aromatic heterocycles. The summed E-state index contributed by atoms with van der Waals surface area (Å²) in [6.07, 6.45) is 1.31. The van der Waals surface area contributed by atoms with Gasteiger partial charge < -0.3 is 37.2 Å². The number of benzene rings is 1. The number of carbonyl (C=O) groups is 4. The molecule has 3 aliphatic carbocycles. The zero-order valence-electron chi connectivity index (χ0n) is 21.5. The normalized spacial score (nSPS) is 26.4. The van der Waals surface area contributed by atoms with Crippen molar-refractivity contribution in [1.29, 1.82) is 0 Å². The van der Waals surface area contributed by atoms with Crippen molar-refractivity contribution < 1.29 is 44.0 Å². The molecule has 0 aliphatic heterocycles. The Morgan fingerprint density at radius 2 is 1.92 bits per heavy atom. The average molecular weight is 547 g/mol. The van der Waals surface area contributed by atoms with Gasteiger partial charge in [0.1, 0.15) is 22.9 Å². The van der Waals surface area contributed by atoms with E-state index in [1.54, 1.807) is 11.9 Å². The Morgan fingerprint density at radius 3 is 2.54 bits per heavy atom. The quantitative estimate of drug-likeness (QED) is 0.182. The lowest BCUT2D eigenvalue weighted by Crippen LogP contribution is -2.65.